The SMILES string of the molecule is N#C[C@H](Cc1ccc(-c2ccc3c(c2)C(=O)OC3)cc1)NC(=O)[C@@H]1CNCCCO1. The van der Waals surface area contributed by atoms with Crippen molar-refractivity contribution in [2.45, 2.75) is 31.6 Å². The maximum atomic E-state index is 12.4. The second kappa shape index (κ2) is 9.08. The number of cyclic esters (lactones) is 1. The molecule has 0 aliphatic carbocycles. The highest BCUT2D eigenvalue weighted by molar-refractivity contribution is 5.94. The predicted molar refractivity (Wildman–Crippen MR) is 109 cm³/mol. The summed E-state index contributed by atoms with van der Waals surface area (Å²) in [6.45, 7) is 2.14. The number of carbonyl (C=O) groups is 2. The van der Waals surface area contributed by atoms with Crippen LogP contribution in [-0.4, -0.2) is 43.7 Å². The Morgan fingerprint density at radius 3 is 2.83 bits per heavy atom. The highest BCUT2D eigenvalue weighted by Crippen LogP contribution is 2.27. The Hall–Kier alpha value is -3.21. The Balaban J connectivity index is 1.40. The van der Waals surface area contributed by atoms with E-state index >= 15 is 0 Å². The van der Waals surface area contributed by atoms with Gasteiger partial charge >= 0.3 is 5.97 Å². The number of rotatable bonds is 5. The lowest BCUT2D eigenvalue weighted by atomic mass is 9.98. The van der Waals surface area contributed by atoms with Gasteiger partial charge in [0, 0.05) is 25.1 Å². The molecule has 1 amide bonds. The molecule has 0 spiro atoms. The molecule has 30 heavy (non-hydrogen) atoms. The number of benzene rings is 2. The Morgan fingerprint density at radius 2 is 2.03 bits per heavy atom. The van der Waals surface area contributed by atoms with Gasteiger partial charge < -0.3 is 20.1 Å². The van der Waals surface area contributed by atoms with Crippen LogP contribution in [0.15, 0.2) is 42.5 Å². The van der Waals surface area contributed by atoms with Crippen LogP contribution in [0, 0.1) is 11.3 Å². The summed E-state index contributed by atoms with van der Waals surface area (Å²) in [7, 11) is 0. The normalized spacial score (nSPS) is 19.2. The fraction of sp³-hybridized carbons (Fsp3) is 0.348. The van der Waals surface area contributed by atoms with Crippen molar-refractivity contribution in [1.82, 2.24) is 10.6 Å². The summed E-state index contributed by atoms with van der Waals surface area (Å²) in [6, 6.07) is 15.0. The number of nitrogens with one attached hydrogen (secondary N) is 2. The van der Waals surface area contributed by atoms with E-state index in [4.69, 9.17) is 9.47 Å². The third kappa shape index (κ3) is 4.51. The highest BCUT2D eigenvalue weighted by atomic mass is 16.5. The Labute approximate surface area is 175 Å². The number of fused-ring (bicyclic) bond motifs is 1. The molecule has 2 heterocycles. The molecule has 0 saturated carbocycles. The fourth-order valence-corrected chi connectivity index (χ4v) is 3.64. The number of hydrogen-bond donors (Lipinski definition) is 2. The number of nitrogens with zero attached hydrogens (tertiary/aromatic N) is 1. The van der Waals surface area contributed by atoms with Crippen molar-refractivity contribution in [3.8, 4) is 17.2 Å². The van der Waals surface area contributed by atoms with E-state index in [-0.39, 0.29) is 11.9 Å². The van der Waals surface area contributed by atoms with Crippen LogP contribution in [0.3, 0.4) is 0 Å². The Morgan fingerprint density at radius 1 is 1.23 bits per heavy atom. The van der Waals surface area contributed by atoms with Crippen molar-refractivity contribution < 1.29 is 19.1 Å². The van der Waals surface area contributed by atoms with Gasteiger partial charge in [-0.3, -0.25) is 4.79 Å². The summed E-state index contributed by atoms with van der Waals surface area (Å²) in [5, 5.41) is 15.4. The zero-order chi connectivity index (χ0) is 20.9. The minimum atomic E-state index is -0.634. The van der Waals surface area contributed by atoms with Crippen LogP contribution in [0.1, 0.15) is 27.9 Å². The lowest BCUT2D eigenvalue weighted by molar-refractivity contribution is -0.132. The summed E-state index contributed by atoms with van der Waals surface area (Å²) >= 11 is 0. The second-order valence-electron chi connectivity index (χ2n) is 7.46. The summed E-state index contributed by atoms with van der Waals surface area (Å²) in [5.74, 6) is -0.554. The van der Waals surface area contributed by atoms with E-state index in [9.17, 15) is 14.9 Å². The first-order valence-corrected chi connectivity index (χ1v) is 10.1. The topological polar surface area (TPSA) is 100 Å². The van der Waals surface area contributed by atoms with Gasteiger partial charge in [-0.05, 0) is 35.7 Å². The Bertz CT molecular complexity index is 973. The van der Waals surface area contributed by atoms with E-state index in [0.717, 1.165) is 35.2 Å². The molecule has 0 radical (unpaired) electrons. The number of amides is 1. The third-order valence-electron chi connectivity index (χ3n) is 5.33. The van der Waals surface area contributed by atoms with Crippen molar-refractivity contribution in [2.75, 3.05) is 19.7 Å². The van der Waals surface area contributed by atoms with Crippen LogP contribution in [0.2, 0.25) is 0 Å². The van der Waals surface area contributed by atoms with Crippen LogP contribution in [0.25, 0.3) is 11.1 Å². The Kier molecular flexibility index (Phi) is 6.07. The molecular formula is C23H23N3O4. The van der Waals surface area contributed by atoms with E-state index in [2.05, 4.69) is 16.7 Å². The van der Waals surface area contributed by atoms with Crippen molar-refractivity contribution in [1.29, 1.82) is 5.26 Å². The molecule has 2 aromatic rings. The number of carbonyl (C=O) groups excluding carboxylic acids is 2. The van der Waals surface area contributed by atoms with Gasteiger partial charge in [-0.1, -0.05) is 36.4 Å². The highest BCUT2D eigenvalue weighted by Gasteiger charge is 2.24. The van der Waals surface area contributed by atoms with Gasteiger partial charge in [0.2, 0.25) is 0 Å². The average molecular weight is 405 g/mol. The van der Waals surface area contributed by atoms with Crippen molar-refractivity contribution in [2.24, 2.45) is 0 Å². The molecule has 1 saturated heterocycles. The monoisotopic (exact) mass is 405 g/mol. The first-order valence-electron chi connectivity index (χ1n) is 10.1. The summed E-state index contributed by atoms with van der Waals surface area (Å²) < 4.78 is 10.6. The largest absolute Gasteiger partial charge is 0.457 e. The molecule has 2 aliphatic heterocycles. The molecule has 7 heteroatoms. The van der Waals surface area contributed by atoms with E-state index in [1.165, 1.54) is 0 Å². The van der Waals surface area contributed by atoms with Crippen LogP contribution < -0.4 is 10.6 Å². The van der Waals surface area contributed by atoms with E-state index in [1.54, 1.807) is 0 Å². The maximum Gasteiger partial charge on any atom is 0.338 e. The average Bonchev–Trinajstić information content (AvgIpc) is 2.96. The van der Waals surface area contributed by atoms with Gasteiger partial charge in [0.25, 0.3) is 5.91 Å². The number of nitriles is 1. The first kappa shape index (κ1) is 20.1. The van der Waals surface area contributed by atoms with Gasteiger partial charge in [-0.2, -0.15) is 5.26 Å². The summed E-state index contributed by atoms with van der Waals surface area (Å²) in [4.78, 5) is 24.2. The summed E-state index contributed by atoms with van der Waals surface area (Å²) in [5.41, 5.74) is 4.35. The smallest absolute Gasteiger partial charge is 0.338 e. The minimum Gasteiger partial charge on any atom is -0.457 e. The molecule has 0 bridgehead atoms. The molecule has 1 fully saturated rings. The molecule has 154 valence electrons. The molecule has 0 unspecified atom stereocenters. The number of esters is 1. The second-order valence-corrected chi connectivity index (χ2v) is 7.46. The molecule has 2 atom stereocenters. The molecule has 2 aromatic carbocycles. The predicted octanol–water partition coefficient (Wildman–Crippen LogP) is 1.95. The zero-order valence-electron chi connectivity index (χ0n) is 16.5. The number of hydrogen-bond acceptors (Lipinski definition) is 6. The fourth-order valence-electron chi connectivity index (χ4n) is 3.64. The van der Waals surface area contributed by atoms with Crippen molar-refractivity contribution in [3.63, 3.8) is 0 Å². The van der Waals surface area contributed by atoms with E-state index in [0.29, 0.717) is 31.7 Å². The maximum absolute atomic E-state index is 12.4. The zero-order valence-corrected chi connectivity index (χ0v) is 16.5. The number of ether oxygens (including phenoxy) is 2. The quantitative estimate of drug-likeness (QED) is 0.738. The standard InChI is InChI=1S/C23H23N3O4/c24-12-19(26-22(27)21-13-25-8-1-9-29-21)10-15-2-4-16(5-3-15)17-6-7-18-14-30-23(28)20(18)11-17/h2-7,11,19,21,25H,1,8-10,13-14H2,(H,26,27)/t19-,21-/m0/s1. The molecule has 0 aromatic heterocycles. The van der Waals surface area contributed by atoms with E-state index < -0.39 is 12.1 Å². The van der Waals surface area contributed by atoms with Crippen molar-refractivity contribution >= 4 is 11.9 Å². The van der Waals surface area contributed by atoms with Crippen LogP contribution >= 0.6 is 0 Å². The van der Waals surface area contributed by atoms with Gasteiger partial charge in [0.15, 0.2) is 0 Å². The van der Waals surface area contributed by atoms with Crippen LogP contribution in [0.4, 0.5) is 0 Å². The molecule has 4 rings (SSSR count). The lowest BCUT2D eigenvalue weighted by Crippen LogP contribution is -2.46. The van der Waals surface area contributed by atoms with Gasteiger partial charge in [-0.25, -0.2) is 4.79 Å². The molecule has 2 N–H and O–H groups in total. The van der Waals surface area contributed by atoms with E-state index in [1.807, 2.05) is 42.5 Å². The van der Waals surface area contributed by atoms with Gasteiger partial charge in [-0.15, -0.1) is 0 Å². The molecule has 2 aliphatic rings. The van der Waals surface area contributed by atoms with Crippen molar-refractivity contribution in [3.05, 3.63) is 59.2 Å². The minimum absolute atomic E-state index is 0.266. The lowest BCUT2D eigenvalue weighted by Gasteiger charge is -2.18. The molecular weight excluding hydrogens is 382 g/mol. The molecule has 7 nitrogen and oxygen atoms in total. The summed E-state index contributed by atoms with van der Waals surface area (Å²) in [6.07, 6.45) is 0.694. The van der Waals surface area contributed by atoms with Gasteiger partial charge in [0.05, 0.1) is 11.6 Å². The van der Waals surface area contributed by atoms with Gasteiger partial charge in [0.1, 0.15) is 18.8 Å². The third-order valence-corrected chi connectivity index (χ3v) is 5.33. The first-order chi connectivity index (χ1) is 14.6. The van der Waals surface area contributed by atoms with Crippen LogP contribution in [-0.2, 0) is 27.3 Å². The van der Waals surface area contributed by atoms with Crippen LogP contribution in [0.5, 0.6) is 0 Å².